The lowest BCUT2D eigenvalue weighted by molar-refractivity contribution is -0.357. The van der Waals surface area contributed by atoms with E-state index in [1.165, 1.54) is 23.8 Å². The number of hydrogen-bond donors (Lipinski definition) is 5. The van der Waals surface area contributed by atoms with Crippen molar-refractivity contribution in [3.8, 4) is 6.07 Å². The van der Waals surface area contributed by atoms with Gasteiger partial charge in [0.15, 0.2) is 0 Å². The molecule has 7 heteroatoms. The van der Waals surface area contributed by atoms with Crippen molar-refractivity contribution in [2.75, 3.05) is 6.61 Å². The molecule has 1 saturated heterocycles. The first-order valence-electron chi connectivity index (χ1n) is 9.50. The van der Waals surface area contributed by atoms with Gasteiger partial charge in [-0.25, -0.2) is 0 Å². The standard InChI is InChI=1S/C22H25NO6/c1-2-13-3-5-14(6-4-13)9-16-10-17(8-7-15(16)11-23)22(28)21(27)20(26)19(25)18(12-24)29-22/h3-8,10,18-21,24-28H,2,9,12H2,1H3/t18-,19-,20+,21-,22+/m1/s1. The van der Waals surface area contributed by atoms with Gasteiger partial charge >= 0.3 is 0 Å². The summed E-state index contributed by atoms with van der Waals surface area (Å²) < 4.78 is 5.38. The van der Waals surface area contributed by atoms with Crippen LogP contribution in [-0.2, 0) is 23.4 Å². The summed E-state index contributed by atoms with van der Waals surface area (Å²) in [5, 5.41) is 60.2. The molecule has 0 amide bonds. The highest BCUT2D eigenvalue weighted by molar-refractivity contribution is 5.44. The number of nitriles is 1. The molecule has 29 heavy (non-hydrogen) atoms. The highest BCUT2D eigenvalue weighted by Gasteiger charge is 2.53. The zero-order valence-electron chi connectivity index (χ0n) is 16.1. The fourth-order valence-electron chi connectivity index (χ4n) is 3.58. The fourth-order valence-corrected chi connectivity index (χ4v) is 3.58. The van der Waals surface area contributed by atoms with Crippen molar-refractivity contribution < 1.29 is 30.3 Å². The Bertz CT molecular complexity index is 891. The van der Waals surface area contributed by atoms with E-state index in [0.29, 0.717) is 17.5 Å². The number of ether oxygens (including phenoxy) is 1. The molecule has 5 atom stereocenters. The SMILES string of the molecule is CCc1ccc(Cc2cc([C@]3(O)O[C@H](CO)[C@@H](O)[C@H](O)[C@H]3O)ccc2C#N)cc1. The average Bonchev–Trinajstić information content (AvgIpc) is 2.75. The first-order valence-corrected chi connectivity index (χ1v) is 9.50. The van der Waals surface area contributed by atoms with E-state index in [0.717, 1.165) is 12.0 Å². The van der Waals surface area contributed by atoms with Crippen molar-refractivity contribution in [2.24, 2.45) is 0 Å². The quantitative estimate of drug-likeness (QED) is 0.489. The van der Waals surface area contributed by atoms with E-state index in [1.807, 2.05) is 24.3 Å². The molecular formula is C22H25NO6. The Balaban J connectivity index is 1.97. The van der Waals surface area contributed by atoms with Gasteiger partial charge in [0.05, 0.1) is 18.2 Å². The zero-order chi connectivity index (χ0) is 21.2. The Morgan fingerprint density at radius 3 is 2.28 bits per heavy atom. The number of rotatable bonds is 5. The first kappa shape index (κ1) is 21.4. The third-order valence-electron chi connectivity index (χ3n) is 5.43. The minimum atomic E-state index is -2.35. The van der Waals surface area contributed by atoms with E-state index in [2.05, 4.69) is 13.0 Å². The molecule has 0 unspecified atom stereocenters. The summed E-state index contributed by atoms with van der Waals surface area (Å²) >= 11 is 0. The maximum absolute atomic E-state index is 11.0. The molecule has 0 saturated carbocycles. The van der Waals surface area contributed by atoms with Gasteiger partial charge in [0.2, 0.25) is 5.79 Å². The number of aliphatic hydroxyl groups is 5. The van der Waals surface area contributed by atoms with Crippen LogP contribution in [-0.4, -0.2) is 56.6 Å². The van der Waals surface area contributed by atoms with Crippen LogP contribution >= 0.6 is 0 Å². The van der Waals surface area contributed by atoms with Gasteiger partial charge in [-0.15, -0.1) is 0 Å². The van der Waals surface area contributed by atoms with Gasteiger partial charge in [-0.3, -0.25) is 0 Å². The molecule has 3 rings (SSSR count). The molecule has 2 aromatic carbocycles. The Hall–Kier alpha value is -2.31. The maximum Gasteiger partial charge on any atom is 0.222 e. The van der Waals surface area contributed by atoms with Crippen molar-refractivity contribution in [1.82, 2.24) is 0 Å². The molecule has 0 radical (unpaired) electrons. The van der Waals surface area contributed by atoms with Crippen LogP contribution in [0.5, 0.6) is 0 Å². The Morgan fingerprint density at radius 1 is 1.03 bits per heavy atom. The highest BCUT2D eigenvalue weighted by Crippen LogP contribution is 2.37. The van der Waals surface area contributed by atoms with Crippen LogP contribution in [0.2, 0.25) is 0 Å². The van der Waals surface area contributed by atoms with Crippen LogP contribution in [0.15, 0.2) is 42.5 Å². The molecular weight excluding hydrogens is 374 g/mol. The topological polar surface area (TPSA) is 134 Å². The van der Waals surface area contributed by atoms with Crippen LogP contribution in [0.3, 0.4) is 0 Å². The Kier molecular flexibility index (Phi) is 6.34. The Morgan fingerprint density at radius 2 is 1.69 bits per heavy atom. The molecule has 154 valence electrons. The van der Waals surface area contributed by atoms with Gasteiger partial charge in [0.1, 0.15) is 24.4 Å². The molecule has 2 aromatic rings. The van der Waals surface area contributed by atoms with Crippen molar-refractivity contribution in [3.05, 3.63) is 70.3 Å². The van der Waals surface area contributed by atoms with Crippen LogP contribution in [0.25, 0.3) is 0 Å². The van der Waals surface area contributed by atoms with Gasteiger partial charge in [0, 0.05) is 5.56 Å². The predicted molar refractivity (Wildman–Crippen MR) is 104 cm³/mol. The summed E-state index contributed by atoms with van der Waals surface area (Å²) in [7, 11) is 0. The maximum atomic E-state index is 11.0. The molecule has 0 aromatic heterocycles. The molecule has 0 spiro atoms. The third kappa shape index (κ3) is 4.05. The third-order valence-corrected chi connectivity index (χ3v) is 5.43. The lowest BCUT2D eigenvalue weighted by atomic mass is 9.86. The minimum Gasteiger partial charge on any atom is -0.394 e. The lowest BCUT2D eigenvalue weighted by Gasteiger charge is -2.45. The normalized spacial score (nSPS) is 29.4. The second kappa shape index (κ2) is 8.59. The predicted octanol–water partition coefficient (Wildman–Crippen LogP) is 0.330. The van der Waals surface area contributed by atoms with Crippen molar-refractivity contribution in [3.63, 3.8) is 0 Å². The van der Waals surface area contributed by atoms with E-state index in [-0.39, 0.29) is 5.56 Å². The van der Waals surface area contributed by atoms with E-state index >= 15 is 0 Å². The van der Waals surface area contributed by atoms with E-state index in [9.17, 15) is 30.8 Å². The number of nitrogens with zero attached hydrogens (tertiary/aromatic N) is 1. The lowest BCUT2D eigenvalue weighted by Crippen LogP contribution is -2.63. The number of aryl methyl sites for hydroxylation is 1. The van der Waals surface area contributed by atoms with Gasteiger partial charge in [-0.2, -0.15) is 5.26 Å². The molecule has 0 aliphatic carbocycles. The number of aliphatic hydroxyl groups excluding tert-OH is 4. The largest absolute Gasteiger partial charge is 0.394 e. The smallest absolute Gasteiger partial charge is 0.222 e. The molecule has 1 aliphatic heterocycles. The fraction of sp³-hybridized carbons (Fsp3) is 0.409. The van der Waals surface area contributed by atoms with Gasteiger partial charge < -0.3 is 30.3 Å². The van der Waals surface area contributed by atoms with Crippen molar-refractivity contribution in [1.29, 1.82) is 5.26 Å². The van der Waals surface area contributed by atoms with Crippen LogP contribution in [0.1, 0.15) is 34.7 Å². The number of benzene rings is 2. The number of hydrogen-bond acceptors (Lipinski definition) is 7. The summed E-state index contributed by atoms with van der Waals surface area (Å²) in [5.41, 5.74) is 3.30. The van der Waals surface area contributed by atoms with Crippen LogP contribution < -0.4 is 0 Å². The van der Waals surface area contributed by atoms with E-state index in [1.54, 1.807) is 0 Å². The second-order valence-corrected chi connectivity index (χ2v) is 7.29. The van der Waals surface area contributed by atoms with Crippen molar-refractivity contribution in [2.45, 2.75) is 50.0 Å². The highest BCUT2D eigenvalue weighted by atomic mass is 16.7. The summed E-state index contributed by atoms with van der Waals surface area (Å²) in [6.45, 7) is 1.41. The first-order chi connectivity index (χ1) is 13.8. The summed E-state index contributed by atoms with van der Waals surface area (Å²) in [6.07, 6.45) is -5.05. The van der Waals surface area contributed by atoms with E-state index in [4.69, 9.17) is 4.74 Å². The van der Waals surface area contributed by atoms with E-state index < -0.39 is 36.8 Å². The average molecular weight is 399 g/mol. The van der Waals surface area contributed by atoms with Crippen LogP contribution in [0.4, 0.5) is 0 Å². The summed E-state index contributed by atoms with van der Waals surface area (Å²) in [5.74, 6) is -2.35. The summed E-state index contributed by atoms with van der Waals surface area (Å²) in [6, 6.07) is 14.5. The van der Waals surface area contributed by atoms with Crippen molar-refractivity contribution >= 4 is 0 Å². The molecule has 1 aliphatic rings. The summed E-state index contributed by atoms with van der Waals surface area (Å²) in [4.78, 5) is 0. The Labute approximate surface area is 169 Å². The molecule has 7 nitrogen and oxygen atoms in total. The monoisotopic (exact) mass is 399 g/mol. The molecule has 1 fully saturated rings. The zero-order valence-corrected chi connectivity index (χ0v) is 16.1. The van der Waals surface area contributed by atoms with Gasteiger partial charge in [-0.1, -0.05) is 37.3 Å². The van der Waals surface area contributed by atoms with Crippen LogP contribution in [0, 0.1) is 11.3 Å². The van der Waals surface area contributed by atoms with Gasteiger partial charge in [0.25, 0.3) is 0 Å². The molecule has 0 bridgehead atoms. The molecule has 5 N–H and O–H groups in total. The minimum absolute atomic E-state index is 0.119. The second-order valence-electron chi connectivity index (χ2n) is 7.29. The molecule has 1 heterocycles. The van der Waals surface area contributed by atoms with Gasteiger partial charge in [-0.05, 0) is 41.7 Å².